The standard InChI is InChI=1S/C9H17NO3S/c11-5-4-10-3-1-9(7-10)2-6-14(12,13)8-9/h11H,1-8H2/t9-/m1/s1. The Hall–Kier alpha value is -0.130. The van der Waals surface area contributed by atoms with Gasteiger partial charge in [-0.3, -0.25) is 0 Å². The minimum absolute atomic E-state index is 0.0218. The van der Waals surface area contributed by atoms with Gasteiger partial charge in [0, 0.05) is 13.1 Å². The highest BCUT2D eigenvalue weighted by molar-refractivity contribution is 7.91. The number of nitrogens with zero attached hydrogens (tertiary/aromatic N) is 1. The van der Waals surface area contributed by atoms with E-state index in [-0.39, 0.29) is 12.0 Å². The molecule has 2 aliphatic heterocycles. The lowest BCUT2D eigenvalue weighted by Crippen LogP contribution is -2.30. The number of β-amino-alcohol motifs (C(OH)–C–C–N with tert-alkyl or cyclic N) is 1. The van der Waals surface area contributed by atoms with Crippen molar-refractivity contribution in [3.8, 4) is 0 Å². The number of rotatable bonds is 2. The van der Waals surface area contributed by atoms with E-state index in [1.807, 2.05) is 0 Å². The summed E-state index contributed by atoms with van der Waals surface area (Å²) in [5.74, 6) is 0.724. The van der Waals surface area contributed by atoms with E-state index in [0.29, 0.717) is 18.1 Å². The zero-order valence-electron chi connectivity index (χ0n) is 8.28. The van der Waals surface area contributed by atoms with E-state index in [1.54, 1.807) is 0 Å². The molecule has 0 radical (unpaired) electrons. The summed E-state index contributed by atoms with van der Waals surface area (Å²) in [6.07, 6.45) is 1.80. The van der Waals surface area contributed by atoms with E-state index in [4.69, 9.17) is 5.11 Å². The topological polar surface area (TPSA) is 57.6 Å². The molecule has 2 saturated heterocycles. The second-order valence-electron chi connectivity index (χ2n) is 4.59. The smallest absolute Gasteiger partial charge is 0.150 e. The Kier molecular flexibility index (Phi) is 2.57. The molecule has 4 nitrogen and oxygen atoms in total. The van der Waals surface area contributed by atoms with E-state index in [9.17, 15) is 8.42 Å². The van der Waals surface area contributed by atoms with Gasteiger partial charge in [0.2, 0.25) is 0 Å². The lowest BCUT2D eigenvalue weighted by Gasteiger charge is -2.21. The Morgan fingerprint density at radius 1 is 1.36 bits per heavy atom. The molecule has 1 N–H and O–H groups in total. The van der Waals surface area contributed by atoms with Gasteiger partial charge in [-0.05, 0) is 24.8 Å². The Bertz CT molecular complexity index is 314. The summed E-state index contributed by atoms with van der Waals surface area (Å²) in [6, 6.07) is 0. The maximum absolute atomic E-state index is 11.4. The number of aliphatic hydroxyl groups is 1. The molecular weight excluding hydrogens is 202 g/mol. The largest absolute Gasteiger partial charge is 0.395 e. The molecule has 0 aromatic rings. The van der Waals surface area contributed by atoms with Gasteiger partial charge in [-0.1, -0.05) is 0 Å². The second kappa shape index (κ2) is 3.47. The Morgan fingerprint density at radius 3 is 2.71 bits per heavy atom. The summed E-state index contributed by atoms with van der Waals surface area (Å²) < 4.78 is 22.8. The molecule has 2 rings (SSSR count). The molecule has 14 heavy (non-hydrogen) atoms. The second-order valence-corrected chi connectivity index (χ2v) is 6.78. The van der Waals surface area contributed by atoms with Gasteiger partial charge in [0.15, 0.2) is 9.84 Å². The van der Waals surface area contributed by atoms with Crippen molar-refractivity contribution in [1.29, 1.82) is 0 Å². The van der Waals surface area contributed by atoms with Crippen LogP contribution in [0.1, 0.15) is 12.8 Å². The van der Waals surface area contributed by atoms with E-state index in [1.165, 1.54) is 0 Å². The predicted molar refractivity (Wildman–Crippen MR) is 53.8 cm³/mol. The average molecular weight is 219 g/mol. The zero-order chi connectivity index (χ0) is 10.2. The Balaban J connectivity index is 2.01. The van der Waals surface area contributed by atoms with Gasteiger partial charge in [-0.2, -0.15) is 0 Å². The van der Waals surface area contributed by atoms with Crippen LogP contribution in [-0.4, -0.2) is 56.2 Å². The number of sulfone groups is 1. The van der Waals surface area contributed by atoms with Crippen molar-refractivity contribution in [1.82, 2.24) is 4.90 Å². The molecule has 2 heterocycles. The minimum atomic E-state index is -2.77. The van der Waals surface area contributed by atoms with Crippen molar-refractivity contribution < 1.29 is 13.5 Å². The van der Waals surface area contributed by atoms with Crippen LogP contribution in [0.25, 0.3) is 0 Å². The third kappa shape index (κ3) is 1.94. The maximum atomic E-state index is 11.4. The lowest BCUT2D eigenvalue weighted by atomic mass is 9.87. The first-order valence-electron chi connectivity index (χ1n) is 5.09. The number of hydrogen-bond acceptors (Lipinski definition) is 4. The summed E-state index contributed by atoms with van der Waals surface area (Å²) in [4.78, 5) is 2.17. The van der Waals surface area contributed by atoms with Crippen LogP contribution in [0, 0.1) is 5.41 Å². The summed E-state index contributed by atoms with van der Waals surface area (Å²) in [5, 5.41) is 8.80. The highest BCUT2D eigenvalue weighted by Crippen LogP contribution is 2.40. The first kappa shape index (κ1) is 10.4. The summed E-state index contributed by atoms with van der Waals surface area (Å²) in [5.41, 5.74) is 0.0218. The molecule has 82 valence electrons. The molecule has 0 amide bonds. The molecule has 1 spiro atoms. The summed E-state index contributed by atoms with van der Waals surface area (Å²) in [6.45, 7) is 2.65. The zero-order valence-corrected chi connectivity index (χ0v) is 9.09. The first-order valence-corrected chi connectivity index (χ1v) is 6.91. The predicted octanol–water partition coefficient (Wildman–Crippen LogP) is -0.511. The quantitative estimate of drug-likeness (QED) is 0.679. The van der Waals surface area contributed by atoms with Crippen LogP contribution in [0.15, 0.2) is 0 Å². The van der Waals surface area contributed by atoms with E-state index >= 15 is 0 Å². The van der Waals surface area contributed by atoms with Crippen molar-refractivity contribution in [2.24, 2.45) is 5.41 Å². The van der Waals surface area contributed by atoms with E-state index in [2.05, 4.69) is 4.90 Å². The van der Waals surface area contributed by atoms with Crippen molar-refractivity contribution in [3.63, 3.8) is 0 Å². The normalized spacial score (nSPS) is 36.9. The first-order chi connectivity index (χ1) is 6.55. The van der Waals surface area contributed by atoms with Crippen molar-refractivity contribution in [3.05, 3.63) is 0 Å². The minimum Gasteiger partial charge on any atom is -0.395 e. The fourth-order valence-electron chi connectivity index (χ4n) is 2.66. The molecule has 0 aromatic heterocycles. The molecule has 5 heteroatoms. The van der Waals surface area contributed by atoms with Crippen LogP contribution in [0.5, 0.6) is 0 Å². The van der Waals surface area contributed by atoms with Gasteiger partial charge in [0.1, 0.15) is 0 Å². The van der Waals surface area contributed by atoms with Gasteiger partial charge >= 0.3 is 0 Å². The van der Waals surface area contributed by atoms with Gasteiger partial charge in [0.25, 0.3) is 0 Å². The summed E-state index contributed by atoms with van der Waals surface area (Å²) >= 11 is 0. The van der Waals surface area contributed by atoms with Gasteiger partial charge < -0.3 is 10.0 Å². The Labute approximate surface area is 84.8 Å². The third-order valence-corrected chi connectivity index (χ3v) is 5.28. The fourth-order valence-corrected chi connectivity index (χ4v) is 4.87. The van der Waals surface area contributed by atoms with Gasteiger partial charge in [0.05, 0.1) is 18.1 Å². The van der Waals surface area contributed by atoms with Crippen molar-refractivity contribution >= 4 is 9.84 Å². The van der Waals surface area contributed by atoms with Crippen molar-refractivity contribution in [2.75, 3.05) is 37.7 Å². The van der Waals surface area contributed by atoms with Crippen molar-refractivity contribution in [2.45, 2.75) is 12.8 Å². The molecule has 0 saturated carbocycles. The van der Waals surface area contributed by atoms with Crippen LogP contribution < -0.4 is 0 Å². The molecule has 1 atom stereocenters. The SMILES string of the molecule is O=S1(=O)CC[C@@]2(CCN(CCO)C2)C1. The molecule has 2 aliphatic rings. The molecule has 0 unspecified atom stereocenters. The van der Waals surface area contributed by atoms with Gasteiger partial charge in [-0.25, -0.2) is 8.42 Å². The van der Waals surface area contributed by atoms with Crippen LogP contribution in [0.2, 0.25) is 0 Å². The highest BCUT2D eigenvalue weighted by atomic mass is 32.2. The lowest BCUT2D eigenvalue weighted by molar-refractivity contribution is 0.206. The van der Waals surface area contributed by atoms with Gasteiger partial charge in [-0.15, -0.1) is 0 Å². The third-order valence-electron chi connectivity index (χ3n) is 3.40. The summed E-state index contributed by atoms with van der Waals surface area (Å²) in [7, 11) is -2.77. The van der Waals surface area contributed by atoms with E-state index in [0.717, 1.165) is 25.9 Å². The fraction of sp³-hybridized carbons (Fsp3) is 1.00. The Morgan fingerprint density at radius 2 is 2.14 bits per heavy atom. The molecule has 2 fully saturated rings. The van der Waals surface area contributed by atoms with Crippen LogP contribution in [0.4, 0.5) is 0 Å². The monoisotopic (exact) mass is 219 g/mol. The number of likely N-dealkylation sites (tertiary alicyclic amines) is 1. The van der Waals surface area contributed by atoms with Crippen LogP contribution in [-0.2, 0) is 9.84 Å². The number of aliphatic hydroxyl groups excluding tert-OH is 1. The molecule has 0 aliphatic carbocycles. The highest BCUT2D eigenvalue weighted by Gasteiger charge is 2.46. The average Bonchev–Trinajstić information content (AvgIpc) is 2.59. The number of hydrogen-bond donors (Lipinski definition) is 1. The molecular formula is C9H17NO3S. The van der Waals surface area contributed by atoms with E-state index < -0.39 is 9.84 Å². The molecule has 0 aromatic carbocycles. The van der Waals surface area contributed by atoms with Crippen LogP contribution >= 0.6 is 0 Å². The molecule has 0 bridgehead atoms. The maximum Gasteiger partial charge on any atom is 0.150 e. The van der Waals surface area contributed by atoms with Crippen LogP contribution in [0.3, 0.4) is 0 Å².